The molecule has 0 unspecified atom stereocenters. The minimum absolute atomic E-state index is 0.123. The molecular weight excluding hydrogens is 164 g/mol. The fourth-order valence-electron chi connectivity index (χ4n) is 0.774. The number of anilines is 1. The second kappa shape index (κ2) is 3.90. The molecule has 0 heterocycles. The number of hydrogen-bond donors (Lipinski definition) is 2. The quantitative estimate of drug-likeness (QED) is 0.686. The first-order chi connectivity index (χ1) is 5.68. The number of halogens is 2. The van der Waals surface area contributed by atoms with Crippen LogP contribution in [0, 0.1) is 0 Å². The molecule has 0 amide bonds. The number of hydrogen-bond acceptors (Lipinski definition) is 2. The molecule has 66 valence electrons. The fourth-order valence-corrected chi connectivity index (χ4v) is 0.774. The SMILES string of the molecule is Oc1ccc(NCC(F)F)cc1. The van der Waals surface area contributed by atoms with Crippen molar-refractivity contribution in [3.05, 3.63) is 24.3 Å². The molecule has 0 radical (unpaired) electrons. The number of phenolic OH excluding ortho intramolecular Hbond substituents is 1. The second-order valence-electron chi connectivity index (χ2n) is 2.32. The van der Waals surface area contributed by atoms with Gasteiger partial charge in [-0.15, -0.1) is 0 Å². The summed E-state index contributed by atoms with van der Waals surface area (Å²) in [6.45, 7) is -0.370. The molecule has 0 bridgehead atoms. The Kier molecular flexibility index (Phi) is 2.85. The van der Waals surface area contributed by atoms with Crippen LogP contribution in [0.5, 0.6) is 5.75 Å². The van der Waals surface area contributed by atoms with Gasteiger partial charge in [-0.1, -0.05) is 0 Å². The van der Waals surface area contributed by atoms with Crippen LogP contribution in [0.2, 0.25) is 0 Å². The van der Waals surface area contributed by atoms with Crippen LogP contribution in [0.25, 0.3) is 0 Å². The smallest absolute Gasteiger partial charge is 0.255 e. The van der Waals surface area contributed by atoms with Gasteiger partial charge in [0, 0.05) is 5.69 Å². The van der Waals surface area contributed by atoms with Crippen molar-refractivity contribution in [2.75, 3.05) is 11.9 Å². The molecule has 12 heavy (non-hydrogen) atoms. The van der Waals surface area contributed by atoms with Gasteiger partial charge in [-0.25, -0.2) is 8.78 Å². The van der Waals surface area contributed by atoms with Crippen LogP contribution in [-0.2, 0) is 0 Å². The van der Waals surface area contributed by atoms with Gasteiger partial charge in [-0.3, -0.25) is 0 Å². The Bertz CT molecular complexity index is 235. The van der Waals surface area contributed by atoms with Crippen molar-refractivity contribution in [2.45, 2.75) is 6.43 Å². The Morgan fingerprint density at radius 1 is 1.25 bits per heavy atom. The molecule has 0 saturated heterocycles. The molecule has 0 aromatic heterocycles. The Morgan fingerprint density at radius 2 is 1.83 bits per heavy atom. The predicted octanol–water partition coefficient (Wildman–Crippen LogP) is 2.07. The third-order valence-electron chi connectivity index (χ3n) is 1.33. The molecule has 0 spiro atoms. The molecule has 0 atom stereocenters. The summed E-state index contributed by atoms with van der Waals surface area (Å²) >= 11 is 0. The standard InChI is InChI=1S/C8H9F2NO/c9-8(10)5-11-6-1-3-7(12)4-2-6/h1-4,8,11-12H,5H2. The van der Waals surface area contributed by atoms with Crippen LogP contribution in [0.3, 0.4) is 0 Å². The lowest BCUT2D eigenvalue weighted by molar-refractivity contribution is 0.163. The van der Waals surface area contributed by atoms with E-state index in [1.54, 1.807) is 0 Å². The van der Waals surface area contributed by atoms with Crippen molar-refractivity contribution in [3.8, 4) is 5.75 Å². The highest BCUT2D eigenvalue weighted by molar-refractivity contribution is 5.45. The third kappa shape index (κ3) is 2.74. The molecule has 1 aromatic rings. The first kappa shape index (κ1) is 8.77. The summed E-state index contributed by atoms with van der Waals surface area (Å²) in [5.41, 5.74) is 0.577. The van der Waals surface area contributed by atoms with Gasteiger partial charge in [0.2, 0.25) is 0 Å². The zero-order valence-electron chi connectivity index (χ0n) is 6.30. The van der Waals surface area contributed by atoms with Crippen LogP contribution in [0.1, 0.15) is 0 Å². The predicted molar refractivity (Wildman–Crippen MR) is 42.6 cm³/mol. The molecule has 0 aliphatic heterocycles. The van der Waals surface area contributed by atoms with E-state index < -0.39 is 6.43 Å². The summed E-state index contributed by atoms with van der Waals surface area (Å²) in [4.78, 5) is 0. The number of aromatic hydroxyl groups is 1. The fraction of sp³-hybridized carbons (Fsp3) is 0.250. The van der Waals surface area contributed by atoms with Gasteiger partial charge in [0.05, 0.1) is 6.54 Å². The van der Waals surface area contributed by atoms with Crippen LogP contribution >= 0.6 is 0 Å². The number of phenols is 1. The Morgan fingerprint density at radius 3 is 2.33 bits per heavy atom. The van der Waals surface area contributed by atoms with Crippen molar-refractivity contribution < 1.29 is 13.9 Å². The van der Waals surface area contributed by atoms with E-state index in [9.17, 15) is 8.78 Å². The number of nitrogens with one attached hydrogen (secondary N) is 1. The maximum absolute atomic E-state index is 11.7. The summed E-state index contributed by atoms with van der Waals surface area (Å²) < 4.78 is 23.4. The average molecular weight is 173 g/mol. The monoisotopic (exact) mass is 173 g/mol. The zero-order chi connectivity index (χ0) is 8.97. The lowest BCUT2D eigenvalue weighted by Crippen LogP contribution is -2.09. The molecule has 0 fully saturated rings. The molecule has 1 rings (SSSR count). The number of benzene rings is 1. The maximum Gasteiger partial charge on any atom is 0.255 e. The zero-order valence-corrected chi connectivity index (χ0v) is 6.30. The largest absolute Gasteiger partial charge is 0.508 e. The van der Waals surface area contributed by atoms with Crippen LogP contribution in [-0.4, -0.2) is 18.1 Å². The van der Waals surface area contributed by atoms with E-state index in [0.29, 0.717) is 5.69 Å². The lowest BCUT2D eigenvalue weighted by atomic mass is 10.3. The first-order valence-electron chi connectivity index (χ1n) is 3.49. The highest BCUT2D eigenvalue weighted by Crippen LogP contribution is 2.13. The van der Waals surface area contributed by atoms with Gasteiger partial charge in [-0.05, 0) is 24.3 Å². The summed E-state index contributed by atoms with van der Waals surface area (Å²) in [7, 11) is 0. The summed E-state index contributed by atoms with van der Waals surface area (Å²) in [5.74, 6) is 0.123. The van der Waals surface area contributed by atoms with Gasteiger partial charge in [-0.2, -0.15) is 0 Å². The second-order valence-corrected chi connectivity index (χ2v) is 2.32. The van der Waals surface area contributed by atoms with E-state index in [0.717, 1.165) is 0 Å². The number of rotatable bonds is 3. The lowest BCUT2D eigenvalue weighted by Gasteiger charge is -2.04. The van der Waals surface area contributed by atoms with Crippen LogP contribution < -0.4 is 5.32 Å². The highest BCUT2D eigenvalue weighted by Gasteiger charge is 2.00. The van der Waals surface area contributed by atoms with E-state index in [1.807, 2.05) is 0 Å². The molecule has 2 nitrogen and oxygen atoms in total. The summed E-state index contributed by atoms with van der Waals surface area (Å²) in [6, 6.07) is 5.96. The summed E-state index contributed by atoms with van der Waals surface area (Å²) in [5, 5.41) is 11.4. The normalized spacial score (nSPS) is 10.2. The molecule has 1 aromatic carbocycles. The Hall–Kier alpha value is -1.32. The first-order valence-corrected chi connectivity index (χ1v) is 3.49. The van der Waals surface area contributed by atoms with E-state index in [-0.39, 0.29) is 12.3 Å². The van der Waals surface area contributed by atoms with E-state index in [2.05, 4.69) is 5.32 Å². The van der Waals surface area contributed by atoms with E-state index >= 15 is 0 Å². The topological polar surface area (TPSA) is 32.3 Å². The minimum atomic E-state index is -2.36. The van der Waals surface area contributed by atoms with Gasteiger partial charge in [0.15, 0.2) is 0 Å². The molecule has 2 N–H and O–H groups in total. The van der Waals surface area contributed by atoms with Gasteiger partial charge < -0.3 is 10.4 Å². The Balaban J connectivity index is 2.48. The van der Waals surface area contributed by atoms with Crippen molar-refractivity contribution in [1.82, 2.24) is 0 Å². The average Bonchev–Trinajstić information content (AvgIpc) is 2.03. The van der Waals surface area contributed by atoms with E-state index in [1.165, 1.54) is 24.3 Å². The van der Waals surface area contributed by atoms with Crippen molar-refractivity contribution >= 4 is 5.69 Å². The summed E-state index contributed by atoms with van der Waals surface area (Å²) in [6.07, 6.45) is -2.36. The molecule has 4 heteroatoms. The minimum Gasteiger partial charge on any atom is -0.508 e. The van der Waals surface area contributed by atoms with Gasteiger partial charge in [0.25, 0.3) is 6.43 Å². The van der Waals surface area contributed by atoms with Crippen LogP contribution in [0.4, 0.5) is 14.5 Å². The van der Waals surface area contributed by atoms with Gasteiger partial charge >= 0.3 is 0 Å². The van der Waals surface area contributed by atoms with Crippen LogP contribution in [0.15, 0.2) is 24.3 Å². The molecule has 0 aliphatic carbocycles. The Labute approximate surface area is 68.8 Å². The molecule has 0 saturated carbocycles. The molecular formula is C8H9F2NO. The van der Waals surface area contributed by atoms with Gasteiger partial charge in [0.1, 0.15) is 5.75 Å². The van der Waals surface area contributed by atoms with Crippen molar-refractivity contribution in [2.24, 2.45) is 0 Å². The van der Waals surface area contributed by atoms with Crippen molar-refractivity contribution in [3.63, 3.8) is 0 Å². The van der Waals surface area contributed by atoms with E-state index in [4.69, 9.17) is 5.11 Å². The molecule has 0 aliphatic rings. The van der Waals surface area contributed by atoms with Crippen molar-refractivity contribution in [1.29, 1.82) is 0 Å². The maximum atomic E-state index is 11.7. The highest BCUT2D eigenvalue weighted by atomic mass is 19.3. The number of alkyl halides is 2. The third-order valence-corrected chi connectivity index (χ3v) is 1.33.